The fourth-order valence-electron chi connectivity index (χ4n) is 3.78. The topological polar surface area (TPSA) is 84.1 Å². The molecule has 1 aliphatic carbocycles. The van der Waals surface area contributed by atoms with E-state index < -0.39 is 0 Å². The maximum absolute atomic E-state index is 12.7. The van der Waals surface area contributed by atoms with Gasteiger partial charge in [-0.2, -0.15) is 0 Å². The van der Waals surface area contributed by atoms with Crippen molar-refractivity contribution in [2.45, 2.75) is 45.8 Å². The van der Waals surface area contributed by atoms with Gasteiger partial charge in [0.2, 0.25) is 0 Å². The second-order valence-corrected chi connectivity index (χ2v) is 9.71. The van der Waals surface area contributed by atoms with Crippen molar-refractivity contribution < 1.29 is 0 Å². The van der Waals surface area contributed by atoms with Crippen LogP contribution in [0.3, 0.4) is 0 Å². The lowest BCUT2D eigenvalue weighted by Crippen LogP contribution is -2.15. The summed E-state index contributed by atoms with van der Waals surface area (Å²) in [6.07, 6.45) is 3.17. The lowest BCUT2D eigenvalue weighted by molar-refractivity contribution is 0.509. The van der Waals surface area contributed by atoms with E-state index in [0.29, 0.717) is 22.7 Å². The number of H-pyrrole nitrogens is 1. The van der Waals surface area contributed by atoms with Gasteiger partial charge in [0.15, 0.2) is 5.17 Å². The number of rotatable bonds is 3. The molecule has 2 heterocycles. The number of amidine groups is 1. The Labute approximate surface area is 172 Å². The fourth-order valence-corrected chi connectivity index (χ4v) is 5.77. The zero-order valence-corrected chi connectivity index (χ0v) is 18.0. The summed E-state index contributed by atoms with van der Waals surface area (Å²) in [6, 6.07) is 6.11. The fraction of sp³-hybridized carbons (Fsp3) is 0.381. The maximum Gasteiger partial charge on any atom is 0.259 e. The number of thioether (sulfide) groups is 1. The minimum Gasteiger partial charge on any atom is -0.378 e. The van der Waals surface area contributed by atoms with E-state index >= 15 is 0 Å². The van der Waals surface area contributed by atoms with Gasteiger partial charge in [-0.1, -0.05) is 24.8 Å². The van der Waals surface area contributed by atoms with Crippen molar-refractivity contribution in [3.05, 3.63) is 55.9 Å². The Bertz CT molecular complexity index is 1110. The zero-order chi connectivity index (χ0) is 19.8. The van der Waals surface area contributed by atoms with Crippen LogP contribution in [0.15, 0.2) is 28.0 Å². The van der Waals surface area contributed by atoms with Gasteiger partial charge in [0.05, 0.1) is 16.8 Å². The summed E-state index contributed by atoms with van der Waals surface area (Å²) in [5, 5.41) is 1.25. The van der Waals surface area contributed by atoms with E-state index in [1.807, 2.05) is 26.0 Å². The lowest BCUT2D eigenvalue weighted by Gasteiger charge is -2.17. The van der Waals surface area contributed by atoms with Crippen LogP contribution in [0, 0.1) is 19.8 Å². The smallest absolute Gasteiger partial charge is 0.259 e. The van der Waals surface area contributed by atoms with E-state index in [4.69, 9.17) is 10.7 Å². The van der Waals surface area contributed by atoms with Crippen LogP contribution in [0.1, 0.15) is 40.7 Å². The number of hydrogen-bond acceptors (Lipinski definition) is 5. The average molecular weight is 413 g/mol. The van der Waals surface area contributed by atoms with Crippen molar-refractivity contribution in [3.8, 4) is 0 Å². The Balaban J connectivity index is 1.55. The third kappa shape index (κ3) is 4.00. The predicted molar refractivity (Wildman–Crippen MR) is 120 cm³/mol. The molecule has 0 amide bonds. The van der Waals surface area contributed by atoms with Crippen LogP contribution < -0.4 is 11.3 Å². The molecule has 0 aliphatic heterocycles. The Morgan fingerprint density at radius 1 is 1.36 bits per heavy atom. The van der Waals surface area contributed by atoms with Gasteiger partial charge in [-0.15, -0.1) is 11.3 Å². The molecular weight excluding hydrogens is 388 g/mol. The highest BCUT2D eigenvalue weighted by Gasteiger charge is 2.23. The van der Waals surface area contributed by atoms with Crippen LogP contribution >= 0.6 is 23.1 Å². The van der Waals surface area contributed by atoms with Gasteiger partial charge in [0.1, 0.15) is 10.7 Å². The van der Waals surface area contributed by atoms with E-state index in [0.717, 1.165) is 46.3 Å². The van der Waals surface area contributed by atoms with Crippen molar-refractivity contribution in [1.82, 2.24) is 9.97 Å². The Morgan fingerprint density at radius 3 is 2.86 bits per heavy atom. The van der Waals surface area contributed by atoms with Gasteiger partial charge in [0.25, 0.3) is 5.56 Å². The first kappa shape index (κ1) is 19.2. The predicted octanol–water partition coefficient (Wildman–Crippen LogP) is 4.61. The Kier molecular flexibility index (Phi) is 5.29. The number of nitrogens with one attached hydrogen (secondary N) is 1. The monoisotopic (exact) mass is 412 g/mol. The Hall–Kier alpha value is -2.12. The average Bonchev–Trinajstić information content (AvgIpc) is 2.96. The van der Waals surface area contributed by atoms with Gasteiger partial charge in [0, 0.05) is 4.88 Å². The first-order valence-corrected chi connectivity index (χ1v) is 11.3. The quantitative estimate of drug-likeness (QED) is 0.486. The van der Waals surface area contributed by atoms with Gasteiger partial charge in [-0.3, -0.25) is 4.79 Å². The molecule has 3 N–H and O–H groups in total. The zero-order valence-electron chi connectivity index (χ0n) is 16.3. The van der Waals surface area contributed by atoms with Crippen LogP contribution in [-0.2, 0) is 18.6 Å². The summed E-state index contributed by atoms with van der Waals surface area (Å²) in [5.74, 6) is 1.81. The third-order valence-electron chi connectivity index (χ3n) is 5.02. The second kappa shape index (κ2) is 7.72. The van der Waals surface area contributed by atoms with Crippen LogP contribution in [0.25, 0.3) is 10.2 Å². The molecule has 5 nitrogen and oxygen atoms in total. The summed E-state index contributed by atoms with van der Waals surface area (Å²) in [7, 11) is 0. The molecule has 0 spiro atoms. The van der Waals surface area contributed by atoms with Crippen LogP contribution in [-0.4, -0.2) is 15.1 Å². The highest BCUT2D eigenvalue weighted by atomic mass is 32.2. The Morgan fingerprint density at radius 2 is 2.11 bits per heavy atom. The molecule has 1 aliphatic rings. The lowest BCUT2D eigenvalue weighted by atomic mass is 9.89. The first-order valence-electron chi connectivity index (χ1n) is 9.47. The number of nitrogens with zero attached hydrogens (tertiary/aromatic N) is 2. The highest BCUT2D eigenvalue weighted by Crippen LogP contribution is 2.35. The number of aliphatic imine (C=N–C) groups is 1. The molecule has 4 rings (SSSR count). The largest absolute Gasteiger partial charge is 0.378 e. The minimum absolute atomic E-state index is 0.0301. The normalized spacial score (nSPS) is 17.1. The molecule has 2 aromatic heterocycles. The van der Waals surface area contributed by atoms with Gasteiger partial charge >= 0.3 is 0 Å². The van der Waals surface area contributed by atoms with Crippen LogP contribution in [0.2, 0.25) is 0 Å². The number of aryl methyl sites for hydroxylation is 3. The number of benzene rings is 1. The van der Waals surface area contributed by atoms with Crippen LogP contribution in [0.5, 0.6) is 0 Å². The van der Waals surface area contributed by atoms with Crippen molar-refractivity contribution >= 4 is 44.2 Å². The third-order valence-corrected chi connectivity index (χ3v) is 6.97. The molecule has 1 atom stereocenters. The van der Waals surface area contributed by atoms with Crippen molar-refractivity contribution in [2.75, 3.05) is 0 Å². The number of nitrogens with two attached hydrogens (primary N) is 1. The van der Waals surface area contributed by atoms with E-state index in [1.165, 1.54) is 22.2 Å². The number of aromatic amines is 1. The maximum atomic E-state index is 12.7. The molecule has 0 unspecified atom stereocenters. The number of fused-ring (bicyclic) bond motifs is 3. The molecular formula is C21H24N4OS2. The van der Waals surface area contributed by atoms with Gasteiger partial charge < -0.3 is 10.7 Å². The van der Waals surface area contributed by atoms with E-state index in [2.05, 4.69) is 23.0 Å². The van der Waals surface area contributed by atoms with Crippen molar-refractivity contribution in [1.29, 1.82) is 0 Å². The van der Waals surface area contributed by atoms with E-state index in [1.54, 1.807) is 11.3 Å². The van der Waals surface area contributed by atoms with Gasteiger partial charge in [-0.05, 0) is 67.9 Å². The van der Waals surface area contributed by atoms with Crippen molar-refractivity contribution in [2.24, 2.45) is 16.6 Å². The molecule has 3 aromatic rings. The summed E-state index contributed by atoms with van der Waals surface area (Å²) < 4.78 is 0. The number of thiophene rings is 1. The number of hydrogen-bond donors (Lipinski definition) is 2. The standard InChI is InChI=1S/C21H24N4OS2/c1-11-4-5-15-16(9-11)28-20-18(15)19(26)24-17(25-20)10-27-21(22)23-14-7-12(2)6-13(3)8-14/h6-8,11H,4-5,9-10H2,1-3H3,(H2,22,23)(H,24,25,26)/t11-/m0/s1. The minimum atomic E-state index is -0.0301. The molecule has 28 heavy (non-hydrogen) atoms. The van der Waals surface area contributed by atoms with Crippen LogP contribution in [0.4, 0.5) is 5.69 Å². The summed E-state index contributed by atoms with van der Waals surface area (Å²) in [4.78, 5) is 27.0. The second-order valence-electron chi connectivity index (χ2n) is 7.63. The molecule has 0 radical (unpaired) electrons. The molecule has 0 saturated carbocycles. The first-order chi connectivity index (χ1) is 13.4. The molecule has 1 aromatic carbocycles. The molecule has 7 heteroatoms. The highest BCUT2D eigenvalue weighted by molar-refractivity contribution is 8.13. The molecule has 146 valence electrons. The molecule has 0 bridgehead atoms. The molecule has 0 fully saturated rings. The summed E-state index contributed by atoms with van der Waals surface area (Å²) in [5.41, 5.74) is 10.4. The summed E-state index contributed by atoms with van der Waals surface area (Å²) in [6.45, 7) is 6.35. The summed E-state index contributed by atoms with van der Waals surface area (Å²) >= 11 is 3.06. The SMILES string of the molecule is Cc1cc(C)cc(N=C(N)SCc2nc3sc4c(c3c(=O)[nH]2)CC[C@H](C)C4)c1. The van der Waals surface area contributed by atoms with E-state index in [-0.39, 0.29) is 5.56 Å². The van der Waals surface area contributed by atoms with E-state index in [9.17, 15) is 4.79 Å². The van der Waals surface area contributed by atoms with Crippen molar-refractivity contribution in [3.63, 3.8) is 0 Å². The number of aromatic nitrogens is 2. The van der Waals surface area contributed by atoms with Gasteiger partial charge in [-0.25, -0.2) is 9.98 Å². The molecule has 0 saturated heterocycles.